The summed E-state index contributed by atoms with van der Waals surface area (Å²) in [6, 6.07) is 14.5. The van der Waals surface area contributed by atoms with Crippen LogP contribution >= 0.6 is 11.3 Å². The number of hydrogen-bond donors (Lipinski definition) is 0. The lowest BCUT2D eigenvalue weighted by atomic mass is 10.0. The van der Waals surface area contributed by atoms with Crippen LogP contribution < -0.4 is 4.80 Å². The van der Waals surface area contributed by atoms with Crippen LogP contribution in [-0.2, 0) is 17.1 Å². The lowest BCUT2D eigenvalue weighted by molar-refractivity contribution is 0.596. The maximum atomic E-state index is 12.4. The van der Waals surface area contributed by atoms with Crippen LogP contribution in [0.1, 0.15) is 25.3 Å². The van der Waals surface area contributed by atoms with Gasteiger partial charge in [-0.1, -0.05) is 49.4 Å². The molecule has 0 unspecified atom stereocenters. The first kappa shape index (κ1) is 16.0. The minimum Gasteiger partial charge on any atom is -0.319 e. The molecule has 0 atom stereocenters. The van der Waals surface area contributed by atoms with Crippen LogP contribution in [-0.4, -0.2) is 13.0 Å². The van der Waals surface area contributed by atoms with E-state index in [9.17, 15) is 8.42 Å². The Labute approximate surface area is 139 Å². The number of thiazole rings is 1. The van der Waals surface area contributed by atoms with Gasteiger partial charge in [-0.3, -0.25) is 0 Å². The summed E-state index contributed by atoms with van der Waals surface area (Å²) in [5.41, 5.74) is 2.22. The van der Waals surface area contributed by atoms with Crippen LogP contribution in [0.5, 0.6) is 0 Å². The van der Waals surface area contributed by atoms with Crippen LogP contribution in [0, 0.1) is 0 Å². The normalized spacial score (nSPS) is 13.1. The van der Waals surface area contributed by atoms with Crippen molar-refractivity contribution in [1.29, 1.82) is 0 Å². The third kappa shape index (κ3) is 3.09. The molecule has 1 heterocycles. The first-order valence-corrected chi connectivity index (χ1v) is 9.59. The van der Waals surface area contributed by atoms with Crippen molar-refractivity contribution in [3.63, 3.8) is 0 Å². The highest BCUT2D eigenvalue weighted by atomic mass is 32.2. The van der Waals surface area contributed by atoms with Crippen molar-refractivity contribution >= 4 is 31.6 Å². The molecule has 0 N–H and O–H groups in total. The van der Waals surface area contributed by atoms with E-state index >= 15 is 0 Å². The standard InChI is InChI=1S/C17H18N2O2S2/c1-12(2)13-9-10-15-16(11-13)22-17(19(15)3)18-23(20,21)14-7-5-4-6-8-14/h4-12H,1-3H3. The van der Waals surface area contributed by atoms with Crippen molar-refractivity contribution in [1.82, 2.24) is 4.57 Å². The van der Waals surface area contributed by atoms with Gasteiger partial charge in [0.25, 0.3) is 10.0 Å². The van der Waals surface area contributed by atoms with E-state index in [0.717, 1.165) is 10.2 Å². The Morgan fingerprint density at radius 2 is 1.78 bits per heavy atom. The third-order valence-corrected chi connectivity index (χ3v) is 6.23. The average molecular weight is 346 g/mol. The molecule has 0 fully saturated rings. The molecule has 1 aromatic heterocycles. The first-order valence-electron chi connectivity index (χ1n) is 7.34. The van der Waals surface area contributed by atoms with E-state index in [1.807, 2.05) is 17.7 Å². The monoisotopic (exact) mass is 346 g/mol. The topological polar surface area (TPSA) is 51.4 Å². The minimum absolute atomic E-state index is 0.209. The Hall–Kier alpha value is -1.92. The highest BCUT2D eigenvalue weighted by Gasteiger charge is 2.13. The summed E-state index contributed by atoms with van der Waals surface area (Å²) in [6.07, 6.45) is 0. The molecule has 0 aliphatic heterocycles. The summed E-state index contributed by atoms with van der Waals surface area (Å²) in [6.45, 7) is 4.28. The number of rotatable bonds is 3. The van der Waals surface area contributed by atoms with Crippen LogP contribution in [0.2, 0.25) is 0 Å². The zero-order valence-corrected chi connectivity index (χ0v) is 14.9. The average Bonchev–Trinajstić information content (AvgIpc) is 2.83. The fraction of sp³-hybridized carbons (Fsp3) is 0.235. The second-order valence-corrected chi connectivity index (χ2v) is 8.32. The molecule has 3 aromatic rings. The van der Waals surface area contributed by atoms with Crippen molar-refractivity contribution in [2.24, 2.45) is 11.4 Å². The summed E-state index contributed by atoms with van der Waals surface area (Å²) in [4.78, 5) is 0.685. The van der Waals surface area contributed by atoms with Gasteiger partial charge in [-0.05, 0) is 35.7 Å². The van der Waals surface area contributed by atoms with Crippen LogP contribution in [0.4, 0.5) is 0 Å². The van der Waals surface area contributed by atoms with Crippen molar-refractivity contribution in [2.45, 2.75) is 24.7 Å². The zero-order valence-electron chi connectivity index (χ0n) is 13.2. The van der Waals surface area contributed by atoms with Gasteiger partial charge in [0.05, 0.1) is 15.1 Å². The molecule has 0 saturated heterocycles. The fourth-order valence-electron chi connectivity index (χ4n) is 2.35. The minimum atomic E-state index is -3.70. The molecular weight excluding hydrogens is 328 g/mol. The Kier molecular flexibility index (Phi) is 4.12. The number of benzene rings is 2. The Morgan fingerprint density at radius 1 is 1.09 bits per heavy atom. The van der Waals surface area contributed by atoms with Gasteiger partial charge in [-0.15, -0.1) is 4.40 Å². The predicted octanol–water partition coefficient (Wildman–Crippen LogP) is 3.65. The zero-order chi connectivity index (χ0) is 16.6. The van der Waals surface area contributed by atoms with Crippen LogP contribution in [0.25, 0.3) is 10.2 Å². The number of hydrogen-bond acceptors (Lipinski definition) is 3. The second kappa shape index (κ2) is 5.94. The van der Waals surface area contributed by atoms with Gasteiger partial charge >= 0.3 is 0 Å². The van der Waals surface area contributed by atoms with Gasteiger partial charge < -0.3 is 4.57 Å². The number of fused-ring (bicyclic) bond motifs is 1. The molecule has 120 valence electrons. The highest BCUT2D eigenvalue weighted by Crippen LogP contribution is 2.23. The first-order chi connectivity index (χ1) is 10.9. The summed E-state index contributed by atoms with van der Waals surface area (Å²) in [5.74, 6) is 0.431. The van der Waals surface area contributed by atoms with Gasteiger partial charge in [-0.2, -0.15) is 8.42 Å². The van der Waals surface area contributed by atoms with Crippen LogP contribution in [0.3, 0.4) is 0 Å². The van der Waals surface area contributed by atoms with Crippen molar-refractivity contribution in [2.75, 3.05) is 0 Å². The van der Waals surface area contributed by atoms with E-state index in [1.54, 1.807) is 30.3 Å². The van der Waals surface area contributed by atoms with Crippen molar-refractivity contribution < 1.29 is 8.42 Å². The number of aryl methyl sites for hydroxylation is 1. The number of nitrogens with zero attached hydrogens (tertiary/aromatic N) is 2. The smallest absolute Gasteiger partial charge is 0.285 e. The third-order valence-electron chi connectivity index (χ3n) is 3.74. The molecule has 0 aliphatic carbocycles. The quantitative estimate of drug-likeness (QED) is 0.727. The van der Waals surface area contributed by atoms with E-state index in [4.69, 9.17) is 0 Å². The van der Waals surface area contributed by atoms with Gasteiger partial charge in [0.2, 0.25) is 4.80 Å². The Morgan fingerprint density at radius 3 is 2.43 bits per heavy atom. The molecule has 0 bridgehead atoms. The lowest BCUT2D eigenvalue weighted by Gasteiger charge is -2.04. The Bertz CT molecular complexity index is 1010. The predicted molar refractivity (Wildman–Crippen MR) is 94.1 cm³/mol. The van der Waals surface area contributed by atoms with E-state index in [1.165, 1.54) is 16.9 Å². The van der Waals surface area contributed by atoms with Gasteiger partial charge in [-0.25, -0.2) is 0 Å². The summed E-state index contributed by atoms with van der Waals surface area (Å²) >= 11 is 1.39. The van der Waals surface area contributed by atoms with E-state index < -0.39 is 10.0 Å². The largest absolute Gasteiger partial charge is 0.319 e. The maximum absolute atomic E-state index is 12.4. The molecule has 2 aromatic carbocycles. The molecular formula is C17H18N2O2S2. The van der Waals surface area contributed by atoms with E-state index in [0.29, 0.717) is 10.7 Å². The molecule has 0 amide bonds. The second-order valence-electron chi connectivity index (χ2n) is 5.70. The molecule has 0 spiro atoms. The molecule has 0 aliphatic rings. The molecule has 3 rings (SSSR count). The van der Waals surface area contributed by atoms with Crippen LogP contribution in [0.15, 0.2) is 57.8 Å². The highest BCUT2D eigenvalue weighted by molar-refractivity contribution is 7.90. The van der Waals surface area contributed by atoms with Gasteiger partial charge in [0.1, 0.15) is 0 Å². The fourth-order valence-corrected chi connectivity index (χ4v) is 4.66. The lowest BCUT2D eigenvalue weighted by Crippen LogP contribution is -2.13. The number of aromatic nitrogens is 1. The summed E-state index contributed by atoms with van der Waals surface area (Å²) in [5, 5.41) is 0. The van der Waals surface area contributed by atoms with Crippen molar-refractivity contribution in [3.05, 3.63) is 58.9 Å². The van der Waals surface area contributed by atoms with Gasteiger partial charge in [0, 0.05) is 7.05 Å². The van der Waals surface area contributed by atoms with Gasteiger partial charge in [0.15, 0.2) is 0 Å². The Balaban J connectivity index is 2.18. The molecule has 0 saturated carbocycles. The SMILES string of the molecule is CC(C)c1ccc2c(c1)sc(=NS(=O)(=O)c1ccccc1)n2C. The van der Waals surface area contributed by atoms with E-state index in [-0.39, 0.29) is 4.90 Å². The molecule has 6 heteroatoms. The molecule has 4 nitrogen and oxygen atoms in total. The van der Waals surface area contributed by atoms with E-state index in [2.05, 4.69) is 30.4 Å². The molecule has 0 radical (unpaired) electrons. The van der Waals surface area contributed by atoms with Crippen molar-refractivity contribution in [3.8, 4) is 0 Å². The maximum Gasteiger partial charge on any atom is 0.285 e. The summed E-state index contributed by atoms with van der Waals surface area (Å²) < 4.78 is 31.8. The summed E-state index contributed by atoms with van der Waals surface area (Å²) in [7, 11) is -1.85. The number of sulfonamides is 1. The molecule has 23 heavy (non-hydrogen) atoms.